The molecule has 0 N–H and O–H groups in total. The number of nitriles is 1. The van der Waals surface area contributed by atoms with Crippen molar-refractivity contribution in [3.63, 3.8) is 0 Å². The predicted octanol–water partition coefficient (Wildman–Crippen LogP) is 9.61. The van der Waals surface area contributed by atoms with Crippen LogP contribution in [0.4, 0.5) is 0 Å². The first-order valence-corrected chi connectivity index (χ1v) is 26.7. The van der Waals surface area contributed by atoms with Gasteiger partial charge in [-0.1, -0.05) is 75.4 Å². The number of esters is 1. The van der Waals surface area contributed by atoms with Gasteiger partial charge in [0, 0.05) is 18.5 Å². The third-order valence-electron chi connectivity index (χ3n) is 12.0. The maximum atomic E-state index is 12.6. The second-order valence-corrected chi connectivity index (χ2v) is 25.7. The van der Waals surface area contributed by atoms with Gasteiger partial charge in [0.15, 0.2) is 14.1 Å². The lowest BCUT2D eigenvalue weighted by Gasteiger charge is -2.42. The monoisotopic (exact) mass is 946 g/mol. The number of hydrogen-bond acceptors (Lipinski definition) is 14. The standard InChI is InChI=1S/C49H71N6O9PSi/c1-34(2)55(35(3)4)65(61-30-18-29-50)63-44-42(62-41(45(44)64-66(13,14)48(8,9)10)31-43-51-53-54(52-43)33-59-46(56)47(5,6)7)32-60-49(36-19-16-15-17-20-36,37-21-25-39(57-11)26-22-37)38-23-27-40(58-12)28-24-38/h15-17,19-28,34-35,41-42,44-45H,18,30-33H2,1-14H3/t41-,42+,44+,45-,65?/m0/s1. The Labute approximate surface area is 394 Å². The summed E-state index contributed by atoms with van der Waals surface area (Å²) in [5, 5.41) is 22.6. The van der Waals surface area contributed by atoms with Crippen molar-refractivity contribution in [2.45, 2.75) is 149 Å². The highest BCUT2D eigenvalue weighted by Crippen LogP contribution is 2.51. The van der Waals surface area contributed by atoms with Crippen molar-refractivity contribution >= 4 is 22.8 Å². The van der Waals surface area contributed by atoms with E-state index >= 15 is 0 Å². The van der Waals surface area contributed by atoms with Crippen molar-refractivity contribution in [3.05, 3.63) is 101 Å². The van der Waals surface area contributed by atoms with Crippen LogP contribution in [0.25, 0.3) is 0 Å². The van der Waals surface area contributed by atoms with Gasteiger partial charge in [-0.25, -0.2) is 4.67 Å². The summed E-state index contributed by atoms with van der Waals surface area (Å²) in [5.74, 6) is 1.41. The molecular weight excluding hydrogens is 876 g/mol. The lowest BCUT2D eigenvalue weighted by Crippen LogP contribution is -2.51. The molecular formula is C49H71N6O9PSi. The average molecular weight is 947 g/mol. The zero-order valence-electron chi connectivity index (χ0n) is 41.3. The van der Waals surface area contributed by atoms with Crippen molar-refractivity contribution in [2.24, 2.45) is 5.41 Å². The summed E-state index contributed by atoms with van der Waals surface area (Å²) >= 11 is 0. The smallest absolute Gasteiger partial charge is 0.313 e. The number of methoxy groups -OCH3 is 2. The van der Waals surface area contributed by atoms with Gasteiger partial charge >= 0.3 is 5.97 Å². The topological polar surface area (TPSA) is 162 Å². The van der Waals surface area contributed by atoms with E-state index in [2.05, 4.69) is 99.8 Å². The van der Waals surface area contributed by atoms with Gasteiger partial charge in [-0.3, -0.25) is 4.79 Å². The summed E-state index contributed by atoms with van der Waals surface area (Å²) in [4.78, 5) is 13.9. The van der Waals surface area contributed by atoms with E-state index in [0.717, 1.165) is 16.7 Å². The van der Waals surface area contributed by atoms with E-state index in [-0.39, 0.29) is 55.9 Å². The summed E-state index contributed by atoms with van der Waals surface area (Å²) in [7, 11) is -1.04. The number of ether oxygens (including phenoxy) is 5. The van der Waals surface area contributed by atoms with Crippen molar-refractivity contribution in [1.29, 1.82) is 5.26 Å². The maximum Gasteiger partial charge on any atom is 0.313 e. The lowest BCUT2D eigenvalue weighted by atomic mass is 9.80. The zero-order valence-corrected chi connectivity index (χ0v) is 43.2. The molecule has 0 radical (unpaired) electrons. The highest BCUT2D eigenvalue weighted by Gasteiger charge is 2.54. The summed E-state index contributed by atoms with van der Waals surface area (Å²) in [6, 6.07) is 28.2. The molecule has 0 amide bonds. The van der Waals surface area contributed by atoms with Crippen LogP contribution in [0.5, 0.6) is 11.5 Å². The Morgan fingerprint density at radius 3 is 1.91 bits per heavy atom. The van der Waals surface area contributed by atoms with Crippen LogP contribution in [0.3, 0.4) is 0 Å². The van der Waals surface area contributed by atoms with Crippen LogP contribution in [0.1, 0.15) is 98.2 Å². The largest absolute Gasteiger partial charge is 0.497 e. The van der Waals surface area contributed by atoms with Crippen LogP contribution >= 0.6 is 8.53 Å². The van der Waals surface area contributed by atoms with Gasteiger partial charge in [-0.2, -0.15) is 5.26 Å². The molecule has 17 heteroatoms. The molecule has 15 nitrogen and oxygen atoms in total. The average Bonchev–Trinajstić information content (AvgIpc) is 3.85. The Morgan fingerprint density at radius 1 is 0.848 bits per heavy atom. The van der Waals surface area contributed by atoms with Crippen LogP contribution in [-0.4, -0.2) is 103 Å². The van der Waals surface area contributed by atoms with Crippen LogP contribution in [0, 0.1) is 16.7 Å². The summed E-state index contributed by atoms with van der Waals surface area (Å²) in [6.07, 6.45) is -2.35. The van der Waals surface area contributed by atoms with E-state index < -0.39 is 52.3 Å². The molecule has 1 saturated heterocycles. The fourth-order valence-electron chi connectivity index (χ4n) is 7.49. The van der Waals surface area contributed by atoms with Gasteiger partial charge in [-0.15, -0.1) is 15.0 Å². The first-order chi connectivity index (χ1) is 31.1. The molecule has 1 aliphatic rings. The predicted molar refractivity (Wildman–Crippen MR) is 256 cm³/mol. The van der Waals surface area contributed by atoms with E-state index in [1.165, 1.54) is 4.80 Å². The molecule has 2 heterocycles. The quantitative estimate of drug-likeness (QED) is 0.0241. The third kappa shape index (κ3) is 12.8. The molecule has 5 rings (SSSR count). The molecule has 66 heavy (non-hydrogen) atoms. The SMILES string of the molecule is COc1ccc(C(OC[C@H]2O[C@@H](Cc3nnn(COC(=O)C(C)(C)C)n3)[C@H](O[Si](C)(C)C(C)(C)C)[C@@H]2OP(OCCC#N)N(C(C)C)C(C)C)(c2ccccc2)c2ccc(OC)cc2)cc1. The molecule has 1 aliphatic heterocycles. The second kappa shape index (κ2) is 22.7. The van der Waals surface area contributed by atoms with Crippen LogP contribution in [0.2, 0.25) is 18.1 Å². The molecule has 5 atom stereocenters. The highest BCUT2D eigenvalue weighted by molar-refractivity contribution is 7.44. The fourth-order valence-corrected chi connectivity index (χ4v) is 10.6. The lowest BCUT2D eigenvalue weighted by molar-refractivity contribution is -0.157. The normalized spacial score (nSPS) is 18.7. The van der Waals surface area contributed by atoms with E-state index in [4.69, 9.17) is 37.2 Å². The molecule has 1 fully saturated rings. The van der Waals surface area contributed by atoms with Crippen molar-refractivity contribution in [3.8, 4) is 17.6 Å². The maximum absolute atomic E-state index is 12.6. The van der Waals surface area contributed by atoms with Gasteiger partial charge in [0.2, 0.25) is 6.73 Å². The number of hydrogen-bond donors (Lipinski definition) is 0. The molecule has 1 aromatic heterocycles. The van der Waals surface area contributed by atoms with Crippen LogP contribution < -0.4 is 9.47 Å². The molecule has 0 spiro atoms. The highest BCUT2D eigenvalue weighted by atomic mass is 31.2. The van der Waals surface area contributed by atoms with Gasteiger partial charge in [-0.05, 0) is 113 Å². The summed E-state index contributed by atoms with van der Waals surface area (Å²) in [6.45, 7) is 24.8. The first-order valence-electron chi connectivity index (χ1n) is 22.7. The zero-order chi connectivity index (χ0) is 48.5. The Hall–Kier alpha value is -4.30. The molecule has 0 bridgehead atoms. The van der Waals surface area contributed by atoms with E-state index in [1.54, 1.807) is 35.0 Å². The molecule has 4 aromatic rings. The summed E-state index contributed by atoms with van der Waals surface area (Å²) in [5.41, 5.74) is 0.760. The van der Waals surface area contributed by atoms with Gasteiger partial charge in [0.1, 0.15) is 35.4 Å². The van der Waals surface area contributed by atoms with E-state index in [0.29, 0.717) is 17.3 Å². The van der Waals surface area contributed by atoms with E-state index in [1.807, 2.05) is 66.7 Å². The van der Waals surface area contributed by atoms with Crippen LogP contribution in [-0.2, 0) is 51.2 Å². The Kier molecular flexibility index (Phi) is 18.1. The van der Waals surface area contributed by atoms with Gasteiger partial charge < -0.3 is 37.2 Å². The third-order valence-corrected chi connectivity index (χ3v) is 18.6. The Balaban J connectivity index is 1.66. The second-order valence-electron chi connectivity index (χ2n) is 19.6. The van der Waals surface area contributed by atoms with Gasteiger partial charge in [0.05, 0.1) is 51.4 Å². The van der Waals surface area contributed by atoms with Crippen molar-refractivity contribution < 1.29 is 42.0 Å². The van der Waals surface area contributed by atoms with Crippen molar-refractivity contribution in [2.75, 3.05) is 27.4 Å². The number of rotatable bonds is 22. The number of tetrazole rings is 1. The van der Waals surface area contributed by atoms with E-state index in [9.17, 15) is 10.1 Å². The molecule has 3 aromatic carbocycles. The molecule has 1 unspecified atom stereocenters. The Bertz CT molecular complexity index is 2120. The minimum atomic E-state index is -2.56. The Morgan fingerprint density at radius 2 is 1.41 bits per heavy atom. The van der Waals surface area contributed by atoms with Crippen LogP contribution in [0.15, 0.2) is 78.9 Å². The number of nitrogens with zero attached hydrogens (tertiary/aromatic N) is 6. The number of aromatic nitrogens is 4. The minimum absolute atomic E-state index is 0.0354. The first kappa shape index (κ1) is 52.7. The summed E-state index contributed by atoms with van der Waals surface area (Å²) < 4.78 is 54.9. The van der Waals surface area contributed by atoms with Crippen molar-refractivity contribution in [1.82, 2.24) is 24.9 Å². The molecule has 360 valence electrons. The number of benzene rings is 3. The molecule has 0 saturated carbocycles. The number of carbonyl (C=O) groups excluding carboxylic acids is 1. The molecule has 0 aliphatic carbocycles. The fraction of sp³-hybridized carbons (Fsp3) is 0.571. The van der Waals surface area contributed by atoms with Gasteiger partial charge in [0.25, 0.3) is 8.53 Å². The minimum Gasteiger partial charge on any atom is -0.497 e. The number of carbonyl (C=O) groups is 1.